The Morgan fingerprint density at radius 3 is 2.72 bits per heavy atom. The molecule has 0 aliphatic carbocycles. The standard InChI is InChI=1S/C13H10BrFN2O/c1-8-6-10(15)3-4-11(8)13(18)17-12-5-2-9(14)7-16-12/h2-7H,1H3,(H,16,17,18). The molecule has 0 saturated heterocycles. The number of carbonyl (C=O) groups is 1. The molecule has 0 radical (unpaired) electrons. The molecule has 2 rings (SSSR count). The van der Waals surface area contributed by atoms with Gasteiger partial charge in [-0.25, -0.2) is 9.37 Å². The van der Waals surface area contributed by atoms with E-state index < -0.39 is 0 Å². The molecule has 0 atom stereocenters. The lowest BCUT2D eigenvalue weighted by atomic mass is 10.1. The van der Waals surface area contributed by atoms with Gasteiger partial charge in [-0.2, -0.15) is 0 Å². The summed E-state index contributed by atoms with van der Waals surface area (Å²) in [6.45, 7) is 1.69. The van der Waals surface area contributed by atoms with Crippen LogP contribution in [-0.4, -0.2) is 10.9 Å². The molecule has 18 heavy (non-hydrogen) atoms. The number of aryl methyl sites for hydroxylation is 1. The van der Waals surface area contributed by atoms with Gasteiger partial charge in [0.15, 0.2) is 0 Å². The lowest BCUT2D eigenvalue weighted by Crippen LogP contribution is -2.14. The van der Waals surface area contributed by atoms with E-state index in [-0.39, 0.29) is 11.7 Å². The normalized spacial score (nSPS) is 10.2. The summed E-state index contributed by atoms with van der Waals surface area (Å²) >= 11 is 3.26. The van der Waals surface area contributed by atoms with Gasteiger partial charge in [0, 0.05) is 16.2 Å². The Morgan fingerprint density at radius 1 is 1.33 bits per heavy atom. The number of halogens is 2. The monoisotopic (exact) mass is 308 g/mol. The molecule has 1 aromatic carbocycles. The van der Waals surface area contributed by atoms with Crippen LogP contribution in [0.25, 0.3) is 0 Å². The summed E-state index contributed by atoms with van der Waals surface area (Å²) < 4.78 is 13.8. The van der Waals surface area contributed by atoms with Crippen LogP contribution < -0.4 is 5.32 Å². The second-order valence-electron chi connectivity index (χ2n) is 3.78. The maximum atomic E-state index is 12.9. The number of hydrogen-bond acceptors (Lipinski definition) is 2. The number of benzene rings is 1. The summed E-state index contributed by atoms with van der Waals surface area (Å²) in [5.41, 5.74) is 1.02. The van der Waals surface area contributed by atoms with E-state index in [9.17, 15) is 9.18 Å². The summed E-state index contributed by atoms with van der Waals surface area (Å²) in [6.07, 6.45) is 1.59. The molecule has 5 heteroatoms. The van der Waals surface area contributed by atoms with Gasteiger partial charge in [-0.15, -0.1) is 0 Å². The van der Waals surface area contributed by atoms with Crippen molar-refractivity contribution in [3.05, 3.63) is 57.9 Å². The first-order valence-corrected chi connectivity index (χ1v) is 6.04. The quantitative estimate of drug-likeness (QED) is 0.922. The number of aromatic nitrogens is 1. The Balaban J connectivity index is 2.19. The van der Waals surface area contributed by atoms with Crippen LogP contribution >= 0.6 is 15.9 Å². The molecule has 1 aromatic heterocycles. The van der Waals surface area contributed by atoms with E-state index in [4.69, 9.17) is 0 Å². The Morgan fingerprint density at radius 2 is 2.11 bits per heavy atom. The SMILES string of the molecule is Cc1cc(F)ccc1C(=O)Nc1ccc(Br)cn1. The number of pyridine rings is 1. The van der Waals surface area contributed by atoms with Gasteiger partial charge in [-0.3, -0.25) is 4.79 Å². The molecule has 0 saturated carbocycles. The summed E-state index contributed by atoms with van der Waals surface area (Å²) in [7, 11) is 0. The number of amides is 1. The van der Waals surface area contributed by atoms with Crippen molar-refractivity contribution in [3.8, 4) is 0 Å². The minimum absolute atomic E-state index is 0.303. The second kappa shape index (κ2) is 5.27. The molecule has 1 amide bonds. The van der Waals surface area contributed by atoms with Crippen molar-refractivity contribution in [2.45, 2.75) is 6.92 Å². The minimum Gasteiger partial charge on any atom is -0.307 e. The van der Waals surface area contributed by atoms with Gasteiger partial charge in [0.1, 0.15) is 11.6 Å². The number of nitrogens with zero attached hydrogens (tertiary/aromatic N) is 1. The van der Waals surface area contributed by atoms with Crippen LogP contribution in [0.1, 0.15) is 15.9 Å². The van der Waals surface area contributed by atoms with Crippen LogP contribution in [0, 0.1) is 12.7 Å². The Hall–Kier alpha value is -1.75. The third-order valence-corrected chi connectivity index (χ3v) is 2.87. The molecule has 1 heterocycles. The number of hydrogen-bond donors (Lipinski definition) is 1. The lowest BCUT2D eigenvalue weighted by molar-refractivity contribution is 0.102. The molecule has 3 nitrogen and oxygen atoms in total. The van der Waals surface area contributed by atoms with E-state index in [0.717, 1.165) is 4.47 Å². The number of rotatable bonds is 2. The van der Waals surface area contributed by atoms with Crippen molar-refractivity contribution in [2.75, 3.05) is 5.32 Å². The van der Waals surface area contributed by atoms with Crippen LogP contribution in [0.4, 0.5) is 10.2 Å². The predicted molar refractivity (Wildman–Crippen MR) is 71.0 cm³/mol. The number of nitrogens with one attached hydrogen (secondary N) is 1. The van der Waals surface area contributed by atoms with E-state index in [1.54, 1.807) is 25.3 Å². The largest absolute Gasteiger partial charge is 0.307 e. The topological polar surface area (TPSA) is 42.0 Å². The van der Waals surface area contributed by atoms with Gasteiger partial charge in [0.05, 0.1) is 0 Å². The maximum absolute atomic E-state index is 12.9. The molecule has 0 aliphatic rings. The third kappa shape index (κ3) is 2.92. The van der Waals surface area contributed by atoms with Crippen LogP contribution in [-0.2, 0) is 0 Å². The van der Waals surface area contributed by atoms with Gasteiger partial charge in [-0.1, -0.05) is 0 Å². The first-order valence-electron chi connectivity index (χ1n) is 5.25. The highest BCUT2D eigenvalue weighted by atomic mass is 79.9. The van der Waals surface area contributed by atoms with Gasteiger partial charge in [0.25, 0.3) is 5.91 Å². The molecule has 0 aliphatic heterocycles. The van der Waals surface area contributed by atoms with Crippen molar-refractivity contribution < 1.29 is 9.18 Å². The molecule has 92 valence electrons. The smallest absolute Gasteiger partial charge is 0.257 e. The van der Waals surface area contributed by atoms with Gasteiger partial charge in [0.2, 0.25) is 0 Å². The highest BCUT2D eigenvalue weighted by Crippen LogP contribution is 2.14. The number of carbonyl (C=O) groups excluding carboxylic acids is 1. The van der Waals surface area contributed by atoms with Crippen LogP contribution in [0.2, 0.25) is 0 Å². The minimum atomic E-state index is -0.356. The van der Waals surface area contributed by atoms with Crippen LogP contribution in [0.5, 0.6) is 0 Å². The fourth-order valence-corrected chi connectivity index (χ4v) is 1.75. The molecular formula is C13H10BrFN2O. The zero-order valence-electron chi connectivity index (χ0n) is 9.58. The van der Waals surface area contributed by atoms with Gasteiger partial charge < -0.3 is 5.32 Å². The second-order valence-corrected chi connectivity index (χ2v) is 4.69. The first-order chi connectivity index (χ1) is 8.56. The van der Waals surface area contributed by atoms with Crippen molar-refractivity contribution >= 4 is 27.7 Å². The predicted octanol–water partition coefficient (Wildman–Crippen LogP) is 3.54. The van der Waals surface area contributed by atoms with Crippen molar-refractivity contribution in [2.24, 2.45) is 0 Å². The zero-order valence-corrected chi connectivity index (χ0v) is 11.2. The van der Waals surface area contributed by atoms with E-state index in [1.807, 2.05) is 0 Å². The fourth-order valence-electron chi connectivity index (χ4n) is 1.52. The molecule has 0 bridgehead atoms. The zero-order chi connectivity index (χ0) is 13.1. The molecule has 0 fully saturated rings. The van der Waals surface area contributed by atoms with E-state index in [0.29, 0.717) is 16.9 Å². The molecule has 0 unspecified atom stereocenters. The highest BCUT2D eigenvalue weighted by molar-refractivity contribution is 9.10. The third-order valence-electron chi connectivity index (χ3n) is 2.40. The summed E-state index contributed by atoms with van der Waals surface area (Å²) in [5.74, 6) is -0.208. The summed E-state index contributed by atoms with van der Waals surface area (Å²) in [5, 5.41) is 2.65. The van der Waals surface area contributed by atoms with Crippen LogP contribution in [0.3, 0.4) is 0 Å². The molecule has 2 aromatic rings. The van der Waals surface area contributed by atoms with Crippen molar-refractivity contribution in [3.63, 3.8) is 0 Å². The Kier molecular flexibility index (Phi) is 3.72. The summed E-state index contributed by atoms with van der Waals surface area (Å²) in [6, 6.07) is 7.50. The van der Waals surface area contributed by atoms with E-state index >= 15 is 0 Å². The Bertz CT molecular complexity index is 584. The lowest BCUT2D eigenvalue weighted by Gasteiger charge is -2.07. The van der Waals surface area contributed by atoms with E-state index in [1.165, 1.54) is 18.2 Å². The maximum Gasteiger partial charge on any atom is 0.257 e. The molecule has 1 N–H and O–H groups in total. The van der Waals surface area contributed by atoms with E-state index in [2.05, 4.69) is 26.2 Å². The van der Waals surface area contributed by atoms with Crippen LogP contribution in [0.15, 0.2) is 41.0 Å². The van der Waals surface area contributed by atoms with Gasteiger partial charge >= 0.3 is 0 Å². The fraction of sp³-hybridized carbons (Fsp3) is 0.0769. The Labute approximate surface area is 112 Å². The van der Waals surface area contributed by atoms with Gasteiger partial charge in [-0.05, 0) is 58.7 Å². The molecular weight excluding hydrogens is 299 g/mol. The summed E-state index contributed by atoms with van der Waals surface area (Å²) in [4.78, 5) is 16.0. The average Bonchev–Trinajstić information content (AvgIpc) is 2.32. The number of anilines is 1. The van der Waals surface area contributed by atoms with Crippen molar-refractivity contribution in [1.82, 2.24) is 4.98 Å². The highest BCUT2D eigenvalue weighted by Gasteiger charge is 2.10. The first kappa shape index (κ1) is 12.7. The average molecular weight is 309 g/mol. The molecule has 0 spiro atoms. The van der Waals surface area contributed by atoms with Crippen molar-refractivity contribution in [1.29, 1.82) is 0 Å².